The van der Waals surface area contributed by atoms with E-state index in [2.05, 4.69) is 5.32 Å². The van der Waals surface area contributed by atoms with Crippen LogP contribution in [-0.4, -0.2) is 45.7 Å². The van der Waals surface area contributed by atoms with Gasteiger partial charge < -0.3 is 24.4 Å². The monoisotopic (exact) mass is 426 g/mol. The lowest BCUT2D eigenvalue weighted by atomic mass is 10.1. The Bertz CT molecular complexity index is 1000. The van der Waals surface area contributed by atoms with Crippen LogP contribution in [0.1, 0.15) is 27.9 Å². The lowest BCUT2D eigenvalue weighted by molar-refractivity contribution is -0.126. The molecule has 2 aromatic rings. The number of carbonyl (C=O) groups is 3. The summed E-state index contributed by atoms with van der Waals surface area (Å²) in [7, 11) is 4.31. The van der Waals surface area contributed by atoms with E-state index < -0.39 is 11.9 Å². The van der Waals surface area contributed by atoms with E-state index in [1.807, 2.05) is 25.1 Å². The normalized spacial score (nSPS) is 15.5. The fourth-order valence-corrected chi connectivity index (χ4v) is 3.60. The summed E-state index contributed by atoms with van der Waals surface area (Å²) < 4.78 is 15.3. The molecule has 0 bridgehead atoms. The fourth-order valence-electron chi connectivity index (χ4n) is 3.60. The van der Waals surface area contributed by atoms with Crippen LogP contribution < -0.4 is 19.7 Å². The largest absolute Gasteiger partial charge is 0.496 e. The predicted octanol–water partition coefficient (Wildman–Crippen LogP) is 2.47. The van der Waals surface area contributed by atoms with Crippen molar-refractivity contribution >= 4 is 23.5 Å². The minimum atomic E-state index is -0.519. The zero-order valence-electron chi connectivity index (χ0n) is 18.1. The van der Waals surface area contributed by atoms with E-state index in [1.165, 1.54) is 14.2 Å². The molecule has 1 fully saturated rings. The van der Waals surface area contributed by atoms with Gasteiger partial charge in [0.25, 0.3) is 0 Å². The van der Waals surface area contributed by atoms with Crippen LogP contribution in [-0.2, 0) is 20.9 Å². The Morgan fingerprint density at radius 2 is 1.77 bits per heavy atom. The first-order valence-corrected chi connectivity index (χ1v) is 9.85. The Morgan fingerprint density at radius 3 is 2.45 bits per heavy atom. The van der Waals surface area contributed by atoms with Gasteiger partial charge in [0.1, 0.15) is 17.1 Å². The molecule has 0 spiro atoms. The molecule has 0 aliphatic carbocycles. The molecule has 0 unspecified atom stereocenters. The fraction of sp³-hybridized carbons (Fsp3) is 0.348. The van der Waals surface area contributed by atoms with Gasteiger partial charge in [0.15, 0.2) is 0 Å². The molecule has 2 aromatic carbocycles. The van der Waals surface area contributed by atoms with Crippen molar-refractivity contribution in [2.45, 2.75) is 19.9 Å². The molecule has 164 valence electrons. The van der Waals surface area contributed by atoms with Gasteiger partial charge in [-0.25, -0.2) is 4.79 Å². The maximum Gasteiger partial charge on any atom is 0.341 e. The predicted molar refractivity (Wildman–Crippen MR) is 114 cm³/mol. The summed E-state index contributed by atoms with van der Waals surface area (Å²) in [6, 6.07) is 10.6. The van der Waals surface area contributed by atoms with Gasteiger partial charge in [0.2, 0.25) is 11.8 Å². The van der Waals surface area contributed by atoms with Crippen LogP contribution in [0, 0.1) is 12.8 Å². The second-order valence-corrected chi connectivity index (χ2v) is 7.32. The number of ether oxygens (including phenoxy) is 3. The molecule has 2 amide bonds. The summed E-state index contributed by atoms with van der Waals surface area (Å²) in [6.07, 6.45) is 0.124. The zero-order valence-corrected chi connectivity index (χ0v) is 18.1. The van der Waals surface area contributed by atoms with Crippen molar-refractivity contribution in [1.29, 1.82) is 0 Å². The van der Waals surface area contributed by atoms with Crippen molar-refractivity contribution in [3.63, 3.8) is 0 Å². The summed E-state index contributed by atoms with van der Waals surface area (Å²) in [6.45, 7) is 2.43. The molecule has 0 radical (unpaired) electrons. The van der Waals surface area contributed by atoms with Crippen LogP contribution in [0.4, 0.5) is 5.69 Å². The number of aryl methyl sites for hydroxylation is 1. The van der Waals surface area contributed by atoms with E-state index in [-0.39, 0.29) is 36.9 Å². The Labute approximate surface area is 181 Å². The molecular formula is C23H26N2O6. The number of methoxy groups -OCH3 is 3. The number of nitrogens with zero attached hydrogens (tertiary/aromatic N) is 1. The Hall–Kier alpha value is -3.55. The first-order chi connectivity index (χ1) is 14.9. The summed E-state index contributed by atoms with van der Waals surface area (Å²) in [5.41, 5.74) is 2.67. The van der Waals surface area contributed by atoms with Gasteiger partial charge in [0, 0.05) is 19.5 Å². The molecule has 0 saturated carbocycles. The minimum absolute atomic E-state index is 0.124. The zero-order chi connectivity index (χ0) is 22.5. The van der Waals surface area contributed by atoms with Gasteiger partial charge in [-0.2, -0.15) is 0 Å². The third kappa shape index (κ3) is 4.79. The number of hydrogen-bond acceptors (Lipinski definition) is 6. The second-order valence-electron chi connectivity index (χ2n) is 7.32. The van der Waals surface area contributed by atoms with Crippen LogP contribution in [0.15, 0.2) is 36.4 Å². The summed E-state index contributed by atoms with van der Waals surface area (Å²) in [5.74, 6) is -0.357. The molecule has 8 nitrogen and oxygen atoms in total. The molecule has 1 atom stereocenters. The minimum Gasteiger partial charge on any atom is -0.496 e. The van der Waals surface area contributed by atoms with Gasteiger partial charge in [-0.05, 0) is 42.3 Å². The first-order valence-electron chi connectivity index (χ1n) is 9.85. The highest BCUT2D eigenvalue weighted by Crippen LogP contribution is 2.34. The lowest BCUT2D eigenvalue weighted by Gasteiger charge is -2.20. The van der Waals surface area contributed by atoms with Crippen molar-refractivity contribution in [2.24, 2.45) is 5.92 Å². The Balaban J connectivity index is 1.68. The highest BCUT2D eigenvalue weighted by molar-refractivity contribution is 6.01. The lowest BCUT2D eigenvalue weighted by Crippen LogP contribution is -2.32. The number of amides is 2. The molecule has 8 heteroatoms. The number of esters is 1. The van der Waals surface area contributed by atoms with E-state index >= 15 is 0 Å². The standard InChI is InChI=1S/C23H26N2O6/c1-14-5-7-20(30-3)18(9-14)25-13-16(11-21(25)26)22(27)24-12-15-6-8-19(29-2)17(10-15)23(28)31-4/h5-10,16H,11-13H2,1-4H3,(H,24,27)/t16-/m0/s1. The van der Waals surface area contributed by atoms with Gasteiger partial charge in [-0.1, -0.05) is 12.1 Å². The van der Waals surface area contributed by atoms with Crippen LogP contribution in [0.5, 0.6) is 11.5 Å². The van der Waals surface area contributed by atoms with E-state index in [0.717, 1.165) is 11.1 Å². The van der Waals surface area contributed by atoms with E-state index in [4.69, 9.17) is 14.2 Å². The molecule has 1 aliphatic heterocycles. The molecule has 0 aromatic heterocycles. The maximum absolute atomic E-state index is 12.7. The van der Waals surface area contributed by atoms with Crippen LogP contribution >= 0.6 is 0 Å². The maximum atomic E-state index is 12.7. The van der Waals surface area contributed by atoms with Crippen LogP contribution in [0.25, 0.3) is 0 Å². The average molecular weight is 426 g/mol. The number of anilines is 1. The third-order valence-corrected chi connectivity index (χ3v) is 5.26. The van der Waals surface area contributed by atoms with Crippen LogP contribution in [0.3, 0.4) is 0 Å². The van der Waals surface area contributed by atoms with Gasteiger partial charge in [-0.3, -0.25) is 9.59 Å². The van der Waals surface area contributed by atoms with E-state index in [9.17, 15) is 14.4 Å². The Morgan fingerprint density at radius 1 is 1.06 bits per heavy atom. The SMILES string of the molecule is COC(=O)c1cc(CNC(=O)[C@H]2CC(=O)N(c3cc(C)ccc3OC)C2)ccc1OC. The molecule has 1 aliphatic rings. The summed E-state index contributed by atoms with van der Waals surface area (Å²) >= 11 is 0. The number of benzene rings is 2. The van der Waals surface area contributed by atoms with Gasteiger partial charge in [0.05, 0.1) is 32.9 Å². The quantitative estimate of drug-likeness (QED) is 0.684. The van der Waals surface area contributed by atoms with Crippen molar-refractivity contribution in [2.75, 3.05) is 32.8 Å². The molecule has 31 heavy (non-hydrogen) atoms. The number of carbonyl (C=O) groups excluding carboxylic acids is 3. The second kappa shape index (κ2) is 9.51. The van der Waals surface area contributed by atoms with Crippen molar-refractivity contribution < 1.29 is 28.6 Å². The third-order valence-electron chi connectivity index (χ3n) is 5.26. The van der Waals surface area contributed by atoms with Gasteiger partial charge >= 0.3 is 5.97 Å². The summed E-state index contributed by atoms with van der Waals surface area (Å²) in [4.78, 5) is 38.8. The van der Waals surface area contributed by atoms with Crippen molar-refractivity contribution in [3.05, 3.63) is 53.1 Å². The molecule has 1 heterocycles. The molecule has 1 saturated heterocycles. The van der Waals surface area contributed by atoms with E-state index in [1.54, 1.807) is 30.2 Å². The first kappa shape index (κ1) is 22.1. The van der Waals surface area contributed by atoms with Crippen LogP contribution in [0.2, 0.25) is 0 Å². The average Bonchev–Trinajstić information content (AvgIpc) is 3.18. The highest BCUT2D eigenvalue weighted by Gasteiger charge is 2.36. The Kier molecular flexibility index (Phi) is 6.79. The van der Waals surface area contributed by atoms with Crippen molar-refractivity contribution in [1.82, 2.24) is 5.32 Å². The molecular weight excluding hydrogens is 400 g/mol. The van der Waals surface area contributed by atoms with E-state index in [0.29, 0.717) is 17.2 Å². The molecule has 3 rings (SSSR count). The van der Waals surface area contributed by atoms with Gasteiger partial charge in [-0.15, -0.1) is 0 Å². The smallest absolute Gasteiger partial charge is 0.341 e. The number of nitrogens with one attached hydrogen (secondary N) is 1. The molecule has 1 N–H and O–H groups in total. The number of rotatable bonds is 7. The topological polar surface area (TPSA) is 94.2 Å². The number of hydrogen-bond donors (Lipinski definition) is 1. The van der Waals surface area contributed by atoms with Crippen molar-refractivity contribution in [3.8, 4) is 11.5 Å². The highest BCUT2D eigenvalue weighted by atomic mass is 16.5. The summed E-state index contributed by atoms with van der Waals surface area (Å²) in [5, 5.41) is 2.85.